The SMILES string of the molecule is CC(=O)Nc1ccc(/C(C)=N\NC(=O)c2nonc2N)cc1. The molecule has 0 atom stereocenters. The van der Waals surface area contributed by atoms with Gasteiger partial charge in [0.25, 0.3) is 5.91 Å². The summed E-state index contributed by atoms with van der Waals surface area (Å²) >= 11 is 0. The number of nitrogens with one attached hydrogen (secondary N) is 2. The first-order valence-electron chi connectivity index (χ1n) is 6.28. The van der Waals surface area contributed by atoms with Gasteiger partial charge in [-0.05, 0) is 34.9 Å². The van der Waals surface area contributed by atoms with Crippen LogP contribution < -0.4 is 16.5 Å². The molecule has 2 rings (SSSR count). The third-order valence-corrected chi connectivity index (χ3v) is 2.68. The minimum absolute atomic E-state index is 0.106. The van der Waals surface area contributed by atoms with Crippen LogP contribution in [0.5, 0.6) is 0 Å². The van der Waals surface area contributed by atoms with Gasteiger partial charge in [0, 0.05) is 12.6 Å². The zero-order valence-corrected chi connectivity index (χ0v) is 12.0. The van der Waals surface area contributed by atoms with Crippen molar-refractivity contribution in [2.75, 3.05) is 11.1 Å². The van der Waals surface area contributed by atoms with Crippen LogP contribution in [-0.2, 0) is 4.79 Å². The summed E-state index contributed by atoms with van der Waals surface area (Å²) in [7, 11) is 0. The zero-order valence-electron chi connectivity index (χ0n) is 12.0. The molecule has 0 aliphatic heterocycles. The van der Waals surface area contributed by atoms with Gasteiger partial charge in [0.15, 0.2) is 0 Å². The van der Waals surface area contributed by atoms with E-state index in [0.29, 0.717) is 11.4 Å². The van der Waals surface area contributed by atoms with Crippen LogP contribution in [0, 0.1) is 0 Å². The number of nitrogens with two attached hydrogens (primary N) is 1. The molecule has 4 N–H and O–H groups in total. The van der Waals surface area contributed by atoms with Crippen molar-refractivity contribution >= 4 is 29.0 Å². The molecule has 1 aromatic carbocycles. The largest absolute Gasteiger partial charge is 0.379 e. The van der Waals surface area contributed by atoms with Crippen LogP contribution in [0.15, 0.2) is 34.0 Å². The molecule has 114 valence electrons. The summed E-state index contributed by atoms with van der Waals surface area (Å²) in [5, 5.41) is 13.3. The predicted molar refractivity (Wildman–Crippen MR) is 79.1 cm³/mol. The zero-order chi connectivity index (χ0) is 16.1. The van der Waals surface area contributed by atoms with Crippen LogP contribution in [-0.4, -0.2) is 27.8 Å². The van der Waals surface area contributed by atoms with Gasteiger partial charge >= 0.3 is 0 Å². The Balaban J connectivity index is 2.04. The maximum atomic E-state index is 11.7. The Bertz CT molecular complexity index is 720. The molecule has 2 amide bonds. The number of hydrogen-bond acceptors (Lipinski definition) is 7. The van der Waals surface area contributed by atoms with E-state index < -0.39 is 5.91 Å². The number of aromatic nitrogens is 2. The van der Waals surface area contributed by atoms with E-state index in [-0.39, 0.29) is 17.4 Å². The first-order chi connectivity index (χ1) is 10.5. The van der Waals surface area contributed by atoms with Crippen LogP contribution in [0.1, 0.15) is 29.9 Å². The quantitative estimate of drug-likeness (QED) is 0.563. The molecule has 22 heavy (non-hydrogen) atoms. The smallest absolute Gasteiger partial charge is 0.297 e. The summed E-state index contributed by atoms with van der Waals surface area (Å²) in [6.45, 7) is 3.15. The molecule has 0 fully saturated rings. The number of nitrogens with zero attached hydrogens (tertiary/aromatic N) is 3. The lowest BCUT2D eigenvalue weighted by Gasteiger charge is -2.04. The molecule has 0 spiro atoms. The van der Waals surface area contributed by atoms with Gasteiger partial charge in [0.05, 0.1) is 5.71 Å². The van der Waals surface area contributed by atoms with E-state index in [9.17, 15) is 9.59 Å². The van der Waals surface area contributed by atoms with Crippen molar-refractivity contribution in [2.45, 2.75) is 13.8 Å². The van der Waals surface area contributed by atoms with Crippen molar-refractivity contribution < 1.29 is 14.2 Å². The van der Waals surface area contributed by atoms with E-state index in [1.54, 1.807) is 31.2 Å². The van der Waals surface area contributed by atoms with E-state index in [1.165, 1.54) is 6.92 Å². The maximum absolute atomic E-state index is 11.7. The average molecular weight is 302 g/mol. The van der Waals surface area contributed by atoms with E-state index in [4.69, 9.17) is 5.73 Å². The van der Waals surface area contributed by atoms with Gasteiger partial charge in [-0.25, -0.2) is 10.1 Å². The van der Waals surface area contributed by atoms with Crippen molar-refractivity contribution in [3.05, 3.63) is 35.5 Å². The minimum atomic E-state index is -0.618. The fraction of sp³-hybridized carbons (Fsp3) is 0.154. The predicted octanol–water partition coefficient (Wildman–Crippen LogP) is 0.764. The third-order valence-electron chi connectivity index (χ3n) is 2.68. The van der Waals surface area contributed by atoms with Crippen LogP contribution in [0.4, 0.5) is 11.5 Å². The number of hydrazone groups is 1. The Labute approximate surface area is 125 Å². The van der Waals surface area contributed by atoms with Gasteiger partial charge < -0.3 is 11.1 Å². The van der Waals surface area contributed by atoms with Crippen molar-refractivity contribution in [1.82, 2.24) is 15.7 Å². The Kier molecular flexibility index (Phi) is 4.47. The summed E-state index contributed by atoms with van der Waals surface area (Å²) in [5.74, 6) is -0.873. The number of rotatable bonds is 4. The lowest BCUT2D eigenvalue weighted by Crippen LogP contribution is -2.20. The molecule has 0 aliphatic carbocycles. The third kappa shape index (κ3) is 3.66. The van der Waals surface area contributed by atoms with Crippen LogP contribution in [0.3, 0.4) is 0 Å². The van der Waals surface area contributed by atoms with E-state index in [2.05, 4.69) is 30.8 Å². The highest BCUT2D eigenvalue weighted by molar-refractivity contribution is 6.01. The lowest BCUT2D eigenvalue weighted by molar-refractivity contribution is -0.114. The highest BCUT2D eigenvalue weighted by Gasteiger charge is 2.15. The molecule has 0 radical (unpaired) electrons. The molecular formula is C13H14N6O3. The highest BCUT2D eigenvalue weighted by Crippen LogP contribution is 2.10. The topological polar surface area (TPSA) is 136 Å². The van der Waals surface area contributed by atoms with E-state index in [0.717, 1.165) is 5.56 Å². The minimum Gasteiger partial charge on any atom is -0.379 e. The normalized spacial score (nSPS) is 11.1. The van der Waals surface area contributed by atoms with Crippen molar-refractivity contribution in [2.24, 2.45) is 5.10 Å². The van der Waals surface area contributed by atoms with E-state index >= 15 is 0 Å². The van der Waals surface area contributed by atoms with E-state index in [1.807, 2.05) is 0 Å². The molecule has 0 aliphatic rings. The number of nitrogen functional groups attached to an aromatic ring is 1. The second-order valence-corrected chi connectivity index (χ2v) is 4.39. The molecule has 0 bridgehead atoms. The standard InChI is InChI=1S/C13H14N6O3/c1-7(9-3-5-10(6-4-9)15-8(2)20)16-17-13(21)11-12(14)19-22-18-11/h3-6H,1-2H3,(H2,14,19)(H,15,20)(H,17,21)/b16-7-. The molecule has 1 heterocycles. The maximum Gasteiger partial charge on any atom is 0.297 e. The van der Waals surface area contributed by atoms with Crippen LogP contribution in [0.25, 0.3) is 0 Å². The number of carbonyl (C=O) groups is 2. The van der Waals surface area contributed by atoms with Gasteiger partial charge in [0.1, 0.15) is 0 Å². The summed E-state index contributed by atoms with van der Waals surface area (Å²) in [5.41, 5.74) is 9.61. The molecule has 0 saturated carbocycles. The summed E-state index contributed by atoms with van der Waals surface area (Å²) < 4.78 is 4.33. The van der Waals surface area contributed by atoms with Gasteiger partial charge in [-0.3, -0.25) is 9.59 Å². The summed E-state index contributed by atoms with van der Waals surface area (Å²) in [4.78, 5) is 22.7. The first kappa shape index (κ1) is 15.2. The second-order valence-electron chi connectivity index (χ2n) is 4.39. The second kappa shape index (κ2) is 6.48. The summed E-state index contributed by atoms with van der Waals surface area (Å²) in [6.07, 6.45) is 0. The van der Waals surface area contributed by atoms with Gasteiger partial charge in [-0.1, -0.05) is 12.1 Å². The Hall–Kier alpha value is -3.23. The highest BCUT2D eigenvalue weighted by atomic mass is 16.6. The van der Waals surface area contributed by atoms with Crippen LogP contribution in [0.2, 0.25) is 0 Å². The molecule has 0 unspecified atom stereocenters. The van der Waals surface area contributed by atoms with Gasteiger partial charge in [-0.2, -0.15) is 5.10 Å². The number of benzene rings is 1. The Morgan fingerprint density at radius 1 is 1.18 bits per heavy atom. The molecule has 9 nitrogen and oxygen atoms in total. The van der Waals surface area contributed by atoms with Gasteiger partial charge in [0.2, 0.25) is 17.4 Å². The monoisotopic (exact) mass is 302 g/mol. The molecule has 1 aromatic heterocycles. The number of anilines is 2. The lowest BCUT2D eigenvalue weighted by atomic mass is 10.1. The molecule has 2 aromatic rings. The summed E-state index contributed by atoms with van der Waals surface area (Å²) in [6, 6.07) is 7.00. The van der Waals surface area contributed by atoms with Crippen LogP contribution >= 0.6 is 0 Å². The number of hydrogen-bond donors (Lipinski definition) is 3. The number of carbonyl (C=O) groups excluding carboxylic acids is 2. The Morgan fingerprint density at radius 3 is 2.41 bits per heavy atom. The fourth-order valence-electron chi connectivity index (χ4n) is 1.60. The van der Waals surface area contributed by atoms with Crippen molar-refractivity contribution in [3.8, 4) is 0 Å². The van der Waals surface area contributed by atoms with Gasteiger partial charge in [-0.15, -0.1) is 0 Å². The average Bonchev–Trinajstić information content (AvgIpc) is 2.91. The number of amides is 2. The molecular weight excluding hydrogens is 288 g/mol. The molecule has 0 saturated heterocycles. The van der Waals surface area contributed by atoms with Crippen molar-refractivity contribution in [1.29, 1.82) is 0 Å². The van der Waals surface area contributed by atoms with Crippen molar-refractivity contribution in [3.63, 3.8) is 0 Å². The fourth-order valence-corrected chi connectivity index (χ4v) is 1.60. The Morgan fingerprint density at radius 2 is 1.86 bits per heavy atom. The molecule has 9 heteroatoms. The first-order valence-corrected chi connectivity index (χ1v) is 6.28.